The van der Waals surface area contributed by atoms with E-state index in [1.807, 2.05) is 0 Å². The highest BCUT2D eigenvalue weighted by Gasteiger charge is 2.91. The lowest BCUT2D eigenvalue weighted by Crippen LogP contribution is -2.75. The molecule has 14 heteroatoms. The third kappa shape index (κ3) is 3.17. The lowest BCUT2D eigenvalue weighted by molar-refractivity contribution is -0.357. The summed E-state index contributed by atoms with van der Waals surface area (Å²) < 4.78 is 161. The SMILES string of the molecule is FC(F)(F)C(=C1C(Cl)C(Cl)(c2ccccc2)C1(C(F)(F)F)C(F)(F)F)C(F)(F)F. The monoisotopic (exact) mass is 484 g/mol. The minimum atomic E-state index is -6.72. The van der Waals surface area contributed by atoms with E-state index in [4.69, 9.17) is 23.2 Å². The first-order valence-electron chi connectivity index (χ1n) is 7.16. The number of alkyl halides is 14. The van der Waals surface area contributed by atoms with Crippen LogP contribution in [0.1, 0.15) is 5.56 Å². The molecule has 0 N–H and O–H groups in total. The molecule has 1 aromatic carbocycles. The zero-order chi connectivity index (χ0) is 22.8. The number of allylic oxidation sites excluding steroid dienone is 2. The minimum Gasteiger partial charge on any atom is -0.170 e. The number of halogens is 14. The maximum Gasteiger partial charge on any atom is 0.421 e. The Balaban J connectivity index is 3.11. The van der Waals surface area contributed by atoms with E-state index in [9.17, 15) is 52.7 Å². The van der Waals surface area contributed by atoms with Crippen LogP contribution in [0.25, 0.3) is 0 Å². The van der Waals surface area contributed by atoms with Gasteiger partial charge in [0.2, 0.25) is 5.41 Å². The van der Waals surface area contributed by atoms with Crippen LogP contribution in [0.4, 0.5) is 52.7 Å². The molecule has 0 amide bonds. The fraction of sp³-hybridized carbons (Fsp3) is 0.467. The second kappa shape index (κ2) is 6.60. The van der Waals surface area contributed by atoms with E-state index in [0.717, 1.165) is 18.2 Å². The molecule has 164 valence electrons. The molecule has 0 saturated heterocycles. The summed E-state index contributed by atoms with van der Waals surface area (Å²) in [4.78, 5) is -3.93. The number of rotatable bonds is 1. The first-order chi connectivity index (χ1) is 12.8. The predicted molar refractivity (Wildman–Crippen MR) is 77.3 cm³/mol. The molecule has 2 unspecified atom stereocenters. The van der Waals surface area contributed by atoms with Gasteiger partial charge in [0.1, 0.15) is 10.4 Å². The van der Waals surface area contributed by atoms with E-state index in [0.29, 0.717) is 12.1 Å². The summed E-state index contributed by atoms with van der Waals surface area (Å²) in [6.07, 6.45) is -26.7. The quantitative estimate of drug-likeness (QED) is 0.223. The molecule has 0 aromatic heterocycles. The molecule has 0 nitrogen and oxygen atoms in total. The molecule has 2 atom stereocenters. The van der Waals surface area contributed by atoms with Gasteiger partial charge in [-0.05, 0) is 11.1 Å². The molecule has 1 aliphatic carbocycles. The van der Waals surface area contributed by atoms with E-state index in [-0.39, 0.29) is 0 Å². The smallest absolute Gasteiger partial charge is 0.170 e. The topological polar surface area (TPSA) is 0 Å². The standard InChI is InChI=1S/C15H6Cl2F12/c16-9-7(8(12(18,19)20)13(21,22)23)11(14(24,25)26,15(27,28)29)10(9,17)6-4-2-1-3-5-6/h1-5,9H. The Kier molecular flexibility index (Phi) is 5.45. The Bertz CT molecular complexity index is 770. The number of hydrogen-bond acceptors (Lipinski definition) is 0. The fourth-order valence-electron chi connectivity index (χ4n) is 3.40. The van der Waals surface area contributed by atoms with Gasteiger partial charge in [-0.1, -0.05) is 30.3 Å². The molecule has 0 heterocycles. The van der Waals surface area contributed by atoms with Gasteiger partial charge in [0.25, 0.3) is 0 Å². The van der Waals surface area contributed by atoms with E-state index in [1.54, 1.807) is 0 Å². The van der Waals surface area contributed by atoms with E-state index < -0.39 is 57.1 Å². The van der Waals surface area contributed by atoms with Crippen molar-refractivity contribution in [2.45, 2.75) is 35.0 Å². The highest BCUT2D eigenvalue weighted by molar-refractivity contribution is 6.37. The fourth-order valence-corrected chi connectivity index (χ4v) is 4.51. The van der Waals surface area contributed by atoms with E-state index in [2.05, 4.69) is 0 Å². The summed E-state index contributed by atoms with van der Waals surface area (Å²) in [5.74, 6) is 0. The van der Waals surface area contributed by atoms with Crippen molar-refractivity contribution in [2.24, 2.45) is 5.41 Å². The average molecular weight is 485 g/mol. The number of benzene rings is 1. The van der Waals surface area contributed by atoms with Crippen LogP contribution < -0.4 is 0 Å². The summed E-state index contributed by atoms with van der Waals surface area (Å²) in [5.41, 5.74) is -13.9. The van der Waals surface area contributed by atoms with Gasteiger partial charge >= 0.3 is 24.7 Å². The molecule has 0 radical (unpaired) electrons. The summed E-state index contributed by atoms with van der Waals surface area (Å²) in [5, 5.41) is -3.13. The van der Waals surface area contributed by atoms with E-state index >= 15 is 0 Å². The second-order valence-electron chi connectivity index (χ2n) is 5.97. The summed E-state index contributed by atoms with van der Waals surface area (Å²) in [7, 11) is 0. The van der Waals surface area contributed by atoms with E-state index in [1.165, 1.54) is 0 Å². The third-order valence-corrected chi connectivity index (χ3v) is 5.81. The van der Waals surface area contributed by atoms with Gasteiger partial charge in [-0.25, -0.2) is 0 Å². The van der Waals surface area contributed by atoms with Crippen molar-refractivity contribution in [2.75, 3.05) is 0 Å². The minimum absolute atomic E-state index is 0.590. The van der Waals surface area contributed by atoms with Crippen molar-refractivity contribution in [3.8, 4) is 0 Å². The van der Waals surface area contributed by atoms with Crippen LogP contribution in [0.3, 0.4) is 0 Å². The summed E-state index contributed by atoms with van der Waals surface area (Å²) >= 11 is 10.9. The molecule has 1 saturated carbocycles. The predicted octanol–water partition coefficient (Wildman–Crippen LogP) is 7.27. The van der Waals surface area contributed by atoms with Crippen molar-refractivity contribution < 1.29 is 52.7 Å². The molecular weight excluding hydrogens is 479 g/mol. The molecule has 29 heavy (non-hydrogen) atoms. The van der Waals surface area contributed by atoms with Crippen molar-refractivity contribution in [1.29, 1.82) is 0 Å². The van der Waals surface area contributed by atoms with Gasteiger partial charge in [-0.3, -0.25) is 0 Å². The van der Waals surface area contributed by atoms with Crippen LogP contribution in [0, 0.1) is 5.41 Å². The lowest BCUT2D eigenvalue weighted by atomic mass is 9.50. The first kappa shape index (κ1) is 24.0. The van der Waals surface area contributed by atoms with Gasteiger partial charge in [-0.2, -0.15) is 52.7 Å². The Labute approximate surface area is 164 Å². The second-order valence-corrected chi connectivity index (χ2v) is 7.00. The summed E-state index contributed by atoms with van der Waals surface area (Å²) in [6.45, 7) is 0. The molecule has 0 aliphatic heterocycles. The van der Waals surface area contributed by atoms with Crippen molar-refractivity contribution in [3.05, 3.63) is 47.0 Å². The normalized spacial score (nSPS) is 25.6. The Morgan fingerprint density at radius 1 is 0.724 bits per heavy atom. The van der Waals surface area contributed by atoms with Gasteiger partial charge in [0.05, 0.1) is 5.38 Å². The Hall–Kier alpha value is -1.30. The zero-order valence-corrected chi connectivity index (χ0v) is 14.8. The van der Waals surface area contributed by atoms with Gasteiger partial charge in [0, 0.05) is 0 Å². The summed E-state index contributed by atoms with van der Waals surface area (Å²) in [6, 6.07) is 4.11. The first-order valence-corrected chi connectivity index (χ1v) is 7.98. The molecule has 0 spiro atoms. The van der Waals surface area contributed by atoms with Crippen LogP contribution in [-0.2, 0) is 4.87 Å². The maximum atomic E-state index is 13.8. The van der Waals surface area contributed by atoms with Crippen LogP contribution in [-0.4, -0.2) is 30.1 Å². The highest BCUT2D eigenvalue weighted by atomic mass is 35.5. The molecule has 0 bridgehead atoms. The van der Waals surface area contributed by atoms with Crippen LogP contribution in [0.15, 0.2) is 41.5 Å². The Morgan fingerprint density at radius 3 is 1.41 bits per heavy atom. The van der Waals surface area contributed by atoms with Crippen molar-refractivity contribution in [1.82, 2.24) is 0 Å². The van der Waals surface area contributed by atoms with Crippen LogP contribution >= 0.6 is 23.2 Å². The van der Waals surface area contributed by atoms with Crippen molar-refractivity contribution in [3.63, 3.8) is 0 Å². The van der Waals surface area contributed by atoms with Gasteiger partial charge in [0.15, 0.2) is 0 Å². The van der Waals surface area contributed by atoms with Crippen molar-refractivity contribution >= 4 is 23.2 Å². The average Bonchev–Trinajstić information content (AvgIpc) is 2.49. The van der Waals surface area contributed by atoms with Gasteiger partial charge in [-0.15, -0.1) is 23.2 Å². The third-order valence-electron chi connectivity index (χ3n) is 4.43. The largest absolute Gasteiger partial charge is 0.421 e. The molecule has 1 aliphatic rings. The molecular formula is C15H6Cl2F12. The zero-order valence-electron chi connectivity index (χ0n) is 13.3. The molecule has 2 rings (SSSR count). The van der Waals surface area contributed by atoms with Crippen LogP contribution in [0.2, 0.25) is 0 Å². The molecule has 1 aromatic rings. The maximum absolute atomic E-state index is 13.8. The van der Waals surface area contributed by atoms with Crippen LogP contribution in [0.5, 0.6) is 0 Å². The molecule has 1 fully saturated rings. The van der Waals surface area contributed by atoms with Gasteiger partial charge < -0.3 is 0 Å². The number of hydrogen-bond donors (Lipinski definition) is 0. The Morgan fingerprint density at radius 2 is 1.10 bits per heavy atom. The lowest BCUT2D eigenvalue weighted by Gasteiger charge is -2.61. The highest BCUT2D eigenvalue weighted by Crippen LogP contribution is 2.78.